The minimum Gasteiger partial charge on any atom is -0.382 e. The molecule has 0 fully saturated rings. The van der Waals surface area contributed by atoms with Crippen LogP contribution in [0.3, 0.4) is 0 Å². The molecule has 0 spiro atoms. The lowest BCUT2D eigenvalue weighted by Gasteiger charge is -2.28. The molecule has 1 aromatic heterocycles. The van der Waals surface area contributed by atoms with Gasteiger partial charge in [0, 0.05) is 19.3 Å². The first-order chi connectivity index (χ1) is 8.53. The molecule has 1 rings (SSSR count). The molecule has 0 aliphatic rings. The van der Waals surface area contributed by atoms with E-state index in [1.807, 2.05) is 14.1 Å². The zero-order valence-corrected chi connectivity index (χ0v) is 13.7. The minimum atomic E-state index is -3.36. The maximum atomic E-state index is 11.7. The third kappa shape index (κ3) is 4.63. The van der Waals surface area contributed by atoms with Crippen molar-refractivity contribution in [3.63, 3.8) is 0 Å². The maximum Gasteiger partial charge on any atom is 0.182 e. The van der Waals surface area contributed by atoms with Gasteiger partial charge in [-0.15, -0.1) is 0 Å². The molecule has 1 aromatic rings. The largest absolute Gasteiger partial charge is 0.382 e. The maximum absolute atomic E-state index is 11.7. The Morgan fingerprint density at radius 1 is 1.42 bits per heavy atom. The molecule has 6 nitrogen and oxygen atoms in total. The molecule has 110 valence electrons. The normalized spacial score (nSPS) is 12.9. The number of hydrogen-bond donors (Lipinski definition) is 2. The van der Waals surface area contributed by atoms with Crippen molar-refractivity contribution in [2.75, 3.05) is 44.5 Å². The van der Waals surface area contributed by atoms with E-state index in [1.54, 1.807) is 0 Å². The Morgan fingerprint density at radius 3 is 2.47 bits per heavy atom. The molecule has 0 amide bonds. The molecule has 0 aliphatic heterocycles. The monoisotopic (exact) mass is 306 g/mol. The quantitative estimate of drug-likeness (QED) is 0.819. The lowest BCUT2D eigenvalue weighted by Crippen LogP contribution is -2.34. The summed E-state index contributed by atoms with van der Waals surface area (Å²) in [6, 6.07) is 0. The van der Waals surface area contributed by atoms with E-state index in [2.05, 4.69) is 28.4 Å². The van der Waals surface area contributed by atoms with Gasteiger partial charge < -0.3 is 16.0 Å². The SMILES string of the molecule is CN(C)CC(C)(C)CNc1snc(N)c1S(C)(=O)=O. The van der Waals surface area contributed by atoms with Crippen LogP contribution in [0.5, 0.6) is 0 Å². The van der Waals surface area contributed by atoms with Gasteiger partial charge in [0.1, 0.15) is 9.90 Å². The van der Waals surface area contributed by atoms with E-state index in [0.717, 1.165) is 24.3 Å². The van der Waals surface area contributed by atoms with E-state index in [4.69, 9.17) is 5.73 Å². The second kappa shape index (κ2) is 5.64. The van der Waals surface area contributed by atoms with Crippen LogP contribution in [0.25, 0.3) is 0 Å². The molecule has 1 heterocycles. The predicted octanol–water partition coefficient (Wildman–Crippen LogP) is 1.13. The van der Waals surface area contributed by atoms with Gasteiger partial charge in [0.25, 0.3) is 0 Å². The Balaban J connectivity index is 2.85. The molecular weight excluding hydrogens is 284 g/mol. The number of aromatic nitrogens is 1. The van der Waals surface area contributed by atoms with Gasteiger partial charge in [0.15, 0.2) is 15.7 Å². The molecule has 0 atom stereocenters. The molecule has 0 saturated heterocycles. The Kier molecular flexibility index (Phi) is 4.81. The highest BCUT2D eigenvalue weighted by Crippen LogP contribution is 2.32. The molecule has 0 saturated carbocycles. The second-order valence-corrected chi connectivity index (χ2v) is 8.48. The summed E-state index contributed by atoms with van der Waals surface area (Å²) >= 11 is 1.08. The van der Waals surface area contributed by atoms with E-state index in [1.165, 1.54) is 0 Å². The van der Waals surface area contributed by atoms with E-state index in [9.17, 15) is 8.42 Å². The summed E-state index contributed by atoms with van der Waals surface area (Å²) in [5, 5.41) is 3.68. The van der Waals surface area contributed by atoms with E-state index >= 15 is 0 Å². The molecule has 0 bridgehead atoms. The minimum absolute atomic E-state index is 0.0109. The van der Waals surface area contributed by atoms with Gasteiger partial charge in [-0.05, 0) is 31.0 Å². The van der Waals surface area contributed by atoms with Gasteiger partial charge in [0.05, 0.1) is 0 Å². The predicted molar refractivity (Wildman–Crippen MR) is 80.5 cm³/mol. The molecule has 3 N–H and O–H groups in total. The van der Waals surface area contributed by atoms with Crippen molar-refractivity contribution in [2.45, 2.75) is 18.7 Å². The van der Waals surface area contributed by atoms with Crippen molar-refractivity contribution >= 4 is 32.2 Å². The first kappa shape index (κ1) is 16.2. The van der Waals surface area contributed by atoms with Crippen LogP contribution in [0.15, 0.2) is 4.90 Å². The van der Waals surface area contributed by atoms with Gasteiger partial charge in [-0.25, -0.2) is 8.42 Å². The van der Waals surface area contributed by atoms with Crippen molar-refractivity contribution < 1.29 is 8.42 Å². The number of sulfone groups is 1. The van der Waals surface area contributed by atoms with E-state index in [-0.39, 0.29) is 16.1 Å². The highest BCUT2D eigenvalue weighted by Gasteiger charge is 2.24. The number of anilines is 2. The summed E-state index contributed by atoms with van der Waals surface area (Å²) < 4.78 is 27.3. The van der Waals surface area contributed by atoms with Crippen LogP contribution in [-0.4, -0.2) is 51.1 Å². The van der Waals surface area contributed by atoms with Crippen molar-refractivity contribution in [2.24, 2.45) is 5.41 Å². The third-order valence-corrected chi connectivity index (χ3v) is 4.62. The fraction of sp³-hybridized carbons (Fsp3) is 0.727. The summed E-state index contributed by atoms with van der Waals surface area (Å²) in [7, 11) is 0.655. The van der Waals surface area contributed by atoms with Gasteiger partial charge in [-0.3, -0.25) is 0 Å². The first-order valence-electron chi connectivity index (χ1n) is 5.87. The molecular formula is C11H22N4O2S2. The first-order valence-corrected chi connectivity index (χ1v) is 8.53. The number of nitrogens with zero attached hydrogens (tertiary/aromatic N) is 2. The molecule has 0 aliphatic carbocycles. The Bertz CT molecular complexity index is 535. The molecule has 0 aromatic carbocycles. The number of rotatable bonds is 6. The lowest BCUT2D eigenvalue weighted by atomic mass is 9.93. The van der Waals surface area contributed by atoms with Crippen LogP contribution in [-0.2, 0) is 9.84 Å². The summed E-state index contributed by atoms with van der Waals surface area (Å²) in [6.07, 6.45) is 1.14. The standard InChI is InChI=1S/C11H22N4O2S2/c1-11(2,7-15(3)4)6-13-10-8(19(5,16)17)9(12)14-18-10/h13H,6-7H2,1-5H3,(H2,12,14). The summed E-state index contributed by atoms with van der Waals surface area (Å²) in [5.74, 6) is 0.0698. The Hall–Kier alpha value is -0.860. The zero-order chi connectivity index (χ0) is 14.8. The van der Waals surface area contributed by atoms with Crippen LogP contribution in [0, 0.1) is 5.41 Å². The number of nitrogens with two attached hydrogens (primary N) is 1. The summed E-state index contributed by atoms with van der Waals surface area (Å²) in [5.41, 5.74) is 5.63. The molecule has 19 heavy (non-hydrogen) atoms. The Morgan fingerprint density at radius 2 is 2.00 bits per heavy atom. The van der Waals surface area contributed by atoms with Crippen LogP contribution < -0.4 is 11.1 Å². The van der Waals surface area contributed by atoms with Crippen molar-refractivity contribution in [1.29, 1.82) is 0 Å². The van der Waals surface area contributed by atoms with Crippen LogP contribution in [0.4, 0.5) is 10.8 Å². The fourth-order valence-electron chi connectivity index (χ4n) is 2.00. The fourth-order valence-corrected chi connectivity index (χ4v) is 4.06. The van der Waals surface area contributed by atoms with E-state index < -0.39 is 9.84 Å². The van der Waals surface area contributed by atoms with Gasteiger partial charge >= 0.3 is 0 Å². The van der Waals surface area contributed by atoms with Gasteiger partial charge in [-0.1, -0.05) is 13.8 Å². The average molecular weight is 306 g/mol. The topological polar surface area (TPSA) is 88.3 Å². The Labute approximate surface area is 119 Å². The smallest absolute Gasteiger partial charge is 0.182 e. The number of nitrogen functional groups attached to an aromatic ring is 1. The zero-order valence-electron chi connectivity index (χ0n) is 12.0. The number of hydrogen-bond acceptors (Lipinski definition) is 7. The summed E-state index contributed by atoms with van der Waals surface area (Å²) in [4.78, 5) is 2.21. The van der Waals surface area contributed by atoms with Crippen molar-refractivity contribution in [3.8, 4) is 0 Å². The highest BCUT2D eigenvalue weighted by molar-refractivity contribution is 7.91. The van der Waals surface area contributed by atoms with Crippen molar-refractivity contribution in [3.05, 3.63) is 0 Å². The third-order valence-electron chi connectivity index (χ3n) is 2.52. The average Bonchev–Trinajstić information content (AvgIpc) is 2.54. The van der Waals surface area contributed by atoms with Crippen molar-refractivity contribution in [1.82, 2.24) is 9.27 Å². The summed E-state index contributed by atoms with van der Waals surface area (Å²) in [6.45, 7) is 5.77. The molecule has 8 heteroatoms. The number of nitrogens with one attached hydrogen (secondary N) is 1. The second-order valence-electron chi connectivity index (χ2n) is 5.75. The van der Waals surface area contributed by atoms with E-state index in [0.29, 0.717) is 11.5 Å². The molecule has 0 radical (unpaired) electrons. The van der Waals surface area contributed by atoms with Crippen LogP contribution in [0.2, 0.25) is 0 Å². The lowest BCUT2D eigenvalue weighted by molar-refractivity contribution is 0.254. The van der Waals surface area contributed by atoms with Gasteiger partial charge in [0.2, 0.25) is 0 Å². The van der Waals surface area contributed by atoms with Gasteiger partial charge in [-0.2, -0.15) is 4.37 Å². The highest BCUT2D eigenvalue weighted by atomic mass is 32.2. The van der Waals surface area contributed by atoms with Crippen LogP contribution in [0.1, 0.15) is 13.8 Å². The van der Waals surface area contributed by atoms with Crippen LogP contribution >= 0.6 is 11.5 Å². The molecule has 0 unspecified atom stereocenters.